The van der Waals surface area contributed by atoms with Gasteiger partial charge in [0.05, 0.1) is 0 Å². The van der Waals surface area contributed by atoms with Crippen molar-refractivity contribution in [2.45, 2.75) is 26.4 Å². The number of nitrogens with zero attached hydrogens (tertiary/aromatic N) is 1. The normalized spacial score (nSPS) is 11.6. The molecule has 0 aliphatic rings. The van der Waals surface area contributed by atoms with Crippen molar-refractivity contribution < 1.29 is 17.9 Å². The maximum absolute atomic E-state index is 12.3. The molecule has 2 rings (SSSR count). The van der Waals surface area contributed by atoms with Gasteiger partial charge in [-0.2, -0.15) is 0 Å². The van der Waals surface area contributed by atoms with Crippen molar-refractivity contribution in [2.75, 3.05) is 0 Å². The highest BCUT2D eigenvalue weighted by Gasteiger charge is 2.31. The van der Waals surface area contributed by atoms with E-state index in [-0.39, 0.29) is 12.3 Å². The zero-order chi connectivity index (χ0) is 14.6. The Bertz CT molecular complexity index is 569. The van der Waals surface area contributed by atoms with Crippen molar-refractivity contribution in [1.82, 2.24) is 10.3 Å². The summed E-state index contributed by atoms with van der Waals surface area (Å²) < 4.78 is 40.8. The number of nitrogens with one attached hydrogen (secondary N) is 1. The summed E-state index contributed by atoms with van der Waals surface area (Å²) in [7, 11) is 0. The number of benzene rings is 1. The van der Waals surface area contributed by atoms with E-state index in [1.807, 2.05) is 6.92 Å². The molecule has 0 amide bonds. The summed E-state index contributed by atoms with van der Waals surface area (Å²) in [5, 5.41) is 3.96. The number of aryl methyl sites for hydroxylation is 1. The molecular weight excluding hydrogens is 289 g/mol. The lowest BCUT2D eigenvalue weighted by Crippen LogP contribution is -2.20. The number of rotatable bonds is 5. The molecular formula is C13H13F3N2OS. The summed E-state index contributed by atoms with van der Waals surface area (Å²) in [6.45, 7) is 2.75. The maximum atomic E-state index is 12.3. The van der Waals surface area contributed by atoms with Crippen LogP contribution in [-0.4, -0.2) is 11.3 Å². The van der Waals surface area contributed by atoms with E-state index in [2.05, 4.69) is 15.0 Å². The third kappa shape index (κ3) is 4.50. The molecule has 0 fully saturated rings. The van der Waals surface area contributed by atoms with Gasteiger partial charge in [-0.25, -0.2) is 4.98 Å². The number of halogens is 3. The highest BCUT2D eigenvalue weighted by Crippen LogP contribution is 2.26. The van der Waals surface area contributed by atoms with Crippen LogP contribution in [0.5, 0.6) is 5.75 Å². The van der Waals surface area contributed by atoms with Crippen LogP contribution in [-0.2, 0) is 13.1 Å². The van der Waals surface area contributed by atoms with Gasteiger partial charge in [-0.15, -0.1) is 24.5 Å². The molecule has 20 heavy (non-hydrogen) atoms. The predicted octanol–water partition coefficient (Wildman–Crippen LogP) is 3.64. The second-order valence-electron chi connectivity index (χ2n) is 4.12. The number of para-hydroxylation sites is 1. The van der Waals surface area contributed by atoms with E-state index < -0.39 is 6.36 Å². The molecule has 1 heterocycles. The number of ether oxygens (including phenoxy) is 1. The third-order valence-electron chi connectivity index (χ3n) is 2.46. The first-order chi connectivity index (χ1) is 9.44. The number of thiazole rings is 1. The molecule has 0 unspecified atom stereocenters. The topological polar surface area (TPSA) is 34.2 Å². The second-order valence-corrected chi connectivity index (χ2v) is 5.44. The van der Waals surface area contributed by atoms with Gasteiger partial charge in [0.1, 0.15) is 10.8 Å². The summed E-state index contributed by atoms with van der Waals surface area (Å²) in [5.41, 5.74) is 0.457. The summed E-state index contributed by atoms with van der Waals surface area (Å²) in [4.78, 5) is 5.27. The molecule has 2 aromatic rings. The molecule has 0 atom stereocenters. The van der Waals surface area contributed by atoms with Gasteiger partial charge in [-0.3, -0.25) is 0 Å². The van der Waals surface area contributed by atoms with Crippen LogP contribution in [0.1, 0.15) is 15.4 Å². The van der Waals surface area contributed by atoms with E-state index >= 15 is 0 Å². The minimum Gasteiger partial charge on any atom is -0.405 e. The number of aromatic nitrogens is 1. The Kier molecular flexibility index (Phi) is 4.61. The van der Waals surface area contributed by atoms with Gasteiger partial charge >= 0.3 is 6.36 Å². The van der Waals surface area contributed by atoms with E-state index in [1.165, 1.54) is 12.1 Å². The van der Waals surface area contributed by atoms with Crippen molar-refractivity contribution in [3.05, 3.63) is 45.9 Å². The number of hydrogen-bond donors (Lipinski definition) is 1. The van der Waals surface area contributed by atoms with Gasteiger partial charge in [0.2, 0.25) is 0 Å². The van der Waals surface area contributed by atoms with E-state index in [9.17, 15) is 13.2 Å². The Balaban J connectivity index is 1.95. The van der Waals surface area contributed by atoms with Crippen molar-refractivity contribution in [2.24, 2.45) is 0 Å². The summed E-state index contributed by atoms with van der Waals surface area (Å²) in [5.74, 6) is -0.178. The molecule has 0 saturated heterocycles. The second kappa shape index (κ2) is 6.23. The molecule has 0 radical (unpaired) electrons. The molecule has 7 heteroatoms. The molecule has 1 N–H and O–H groups in total. The number of hydrogen-bond acceptors (Lipinski definition) is 4. The lowest BCUT2D eigenvalue weighted by molar-refractivity contribution is -0.274. The first-order valence-corrected chi connectivity index (χ1v) is 6.71. The third-order valence-corrected chi connectivity index (χ3v) is 3.37. The summed E-state index contributed by atoms with van der Waals surface area (Å²) in [6, 6.07) is 6.09. The van der Waals surface area contributed by atoms with Crippen LogP contribution >= 0.6 is 11.3 Å². The molecule has 0 spiro atoms. The average Bonchev–Trinajstić information content (AvgIpc) is 2.75. The van der Waals surface area contributed by atoms with Gasteiger partial charge in [0, 0.05) is 29.7 Å². The maximum Gasteiger partial charge on any atom is 0.573 e. The SMILES string of the molecule is Cc1cnc(CNCc2ccccc2OC(F)(F)F)s1. The Morgan fingerprint density at radius 1 is 1.25 bits per heavy atom. The fourth-order valence-corrected chi connectivity index (χ4v) is 2.42. The fourth-order valence-electron chi connectivity index (χ4n) is 1.66. The van der Waals surface area contributed by atoms with Crippen molar-refractivity contribution in [3.63, 3.8) is 0 Å². The molecule has 0 aliphatic heterocycles. The molecule has 0 aliphatic carbocycles. The zero-order valence-corrected chi connectivity index (χ0v) is 11.5. The van der Waals surface area contributed by atoms with E-state index in [4.69, 9.17) is 0 Å². The van der Waals surface area contributed by atoms with Gasteiger partial charge in [-0.05, 0) is 13.0 Å². The molecule has 0 bridgehead atoms. The smallest absolute Gasteiger partial charge is 0.405 e. The average molecular weight is 302 g/mol. The van der Waals surface area contributed by atoms with E-state index in [1.54, 1.807) is 29.7 Å². The Morgan fingerprint density at radius 2 is 2.00 bits per heavy atom. The molecule has 108 valence electrons. The quantitative estimate of drug-likeness (QED) is 0.915. The fraction of sp³-hybridized carbons (Fsp3) is 0.308. The Hall–Kier alpha value is -1.60. The van der Waals surface area contributed by atoms with E-state index in [0.29, 0.717) is 12.1 Å². The zero-order valence-electron chi connectivity index (χ0n) is 10.7. The van der Waals surface area contributed by atoms with Crippen LogP contribution in [0.25, 0.3) is 0 Å². The molecule has 3 nitrogen and oxygen atoms in total. The molecule has 0 saturated carbocycles. The van der Waals surface area contributed by atoms with E-state index in [0.717, 1.165) is 9.88 Å². The first kappa shape index (κ1) is 14.8. The van der Waals surface area contributed by atoms with Crippen LogP contribution < -0.4 is 10.1 Å². The Labute approximate surface area is 118 Å². The van der Waals surface area contributed by atoms with Crippen LogP contribution in [0, 0.1) is 6.92 Å². The predicted molar refractivity (Wildman–Crippen MR) is 70.5 cm³/mol. The first-order valence-electron chi connectivity index (χ1n) is 5.90. The minimum absolute atomic E-state index is 0.178. The van der Waals surface area contributed by atoms with Crippen molar-refractivity contribution in [1.29, 1.82) is 0 Å². The molecule has 1 aromatic carbocycles. The van der Waals surface area contributed by atoms with Gasteiger partial charge in [0.15, 0.2) is 0 Å². The van der Waals surface area contributed by atoms with Gasteiger partial charge in [-0.1, -0.05) is 18.2 Å². The monoisotopic (exact) mass is 302 g/mol. The molecule has 1 aromatic heterocycles. The lowest BCUT2D eigenvalue weighted by Gasteiger charge is -2.13. The largest absolute Gasteiger partial charge is 0.573 e. The van der Waals surface area contributed by atoms with Gasteiger partial charge in [0.25, 0.3) is 0 Å². The van der Waals surface area contributed by atoms with Crippen LogP contribution in [0.3, 0.4) is 0 Å². The standard InChI is InChI=1S/C13H13F3N2OS/c1-9-6-18-12(20-9)8-17-7-10-4-2-3-5-11(10)19-13(14,15)16/h2-6,17H,7-8H2,1H3. The van der Waals surface area contributed by atoms with Crippen molar-refractivity contribution in [3.8, 4) is 5.75 Å². The van der Waals surface area contributed by atoms with Crippen LogP contribution in [0.2, 0.25) is 0 Å². The van der Waals surface area contributed by atoms with Crippen LogP contribution in [0.4, 0.5) is 13.2 Å². The minimum atomic E-state index is -4.68. The lowest BCUT2D eigenvalue weighted by atomic mass is 10.2. The van der Waals surface area contributed by atoms with Gasteiger partial charge < -0.3 is 10.1 Å². The highest BCUT2D eigenvalue weighted by atomic mass is 32.1. The highest BCUT2D eigenvalue weighted by molar-refractivity contribution is 7.11. The van der Waals surface area contributed by atoms with Crippen molar-refractivity contribution >= 4 is 11.3 Å². The summed E-state index contributed by atoms with van der Waals surface area (Å²) >= 11 is 1.55. The number of alkyl halides is 3. The van der Waals surface area contributed by atoms with Crippen LogP contribution in [0.15, 0.2) is 30.5 Å². The Morgan fingerprint density at radius 3 is 2.65 bits per heavy atom. The summed E-state index contributed by atoms with van der Waals surface area (Å²) in [6.07, 6.45) is -2.91.